The zero-order valence-electron chi connectivity index (χ0n) is 7.39. The first-order valence-corrected chi connectivity index (χ1v) is 5.62. The van der Waals surface area contributed by atoms with Gasteiger partial charge in [0.2, 0.25) is 0 Å². The third kappa shape index (κ3) is 2.50. The molecule has 1 aromatic rings. The van der Waals surface area contributed by atoms with E-state index in [1.165, 1.54) is 12.5 Å². The molecule has 1 atom stereocenters. The van der Waals surface area contributed by atoms with Crippen LogP contribution < -0.4 is 10.5 Å². The average Bonchev–Trinajstić information content (AvgIpc) is 2.54. The monoisotopic (exact) mass is 234 g/mol. The number of hydrogen-bond donors (Lipinski definition) is 3. The van der Waals surface area contributed by atoms with E-state index in [4.69, 9.17) is 5.73 Å². The highest BCUT2D eigenvalue weighted by atomic mass is 32.2. The molecule has 0 aliphatic rings. The molecule has 6 nitrogen and oxygen atoms in total. The van der Waals surface area contributed by atoms with Crippen LogP contribution in [0.25, 0.3) is 0 Å². The number of nitrogens with one attached hydrogen (secondary N) is 2. The number of thiocarbonyl (C=S) groups is 1. The van der Waals surface area contributed by atoms with Crippen LogP contribution in [-0.2, 0) is 10.0 Å². The fourth-order valence-corrected chi connectivity index (χ4v) is 2.00. The van der Waals surface area contributed by atoms with Gasteiger partial charge in [0.05, 0.1) is 23.6 Å². The topological polar surface area (TPSA) is 101 Å². The van der Waals surface area contributed by atoms with E-state index in [2.05, 4.69) is 26.9 Å². The van der Waals surface area contributed by atoms with Crippen molar-refractivity contribution >= 4 is 27.2 Å². The summed E-state index contributed by atoms with van der Waals surface area (Å²) in [7, 11) is -3.60. The number of aromatic nitrogens is 2. The molecule has 14 heavy (non-hydrogen) atoms. The lowest BCUT2D eigenvalue weighted by atomic mass is 10.4. The minimum absolute atomic E-state index is 0.0133. The Labute approximate surface area is 87.0 Å². The Bertz CT molecular complexity index is 411. The molecule has 0 bridgehead atoms. The molecule has 4 N–H and O–H groups in total. The number of aromatic amines is 1. The lowest BCUT2D eigenvalue weighted by Gasteiger charge is -2.10. The molecule has 78 valence electrons. The lowest BCUT2D eigenvalue weighted by Crippen LogP contribution is -2.41. The first kappa shape index (κ1) is 11.1. The van der Waals surface area contributed by atoms with E-state index >= 15 is 0 Å². The Kier molecular flexibility index (Phi) is 3.19. The first-order valence-electron chi connectivity index (χ1n) is 3.73. The van der Waals surface area contributed by atoms with E-state index < -0.39 is 16.1 Å². The van der Waals surface area contributed by atoms with Crippen LogP contribution in [0.2, 0.25) is 0 Å². The number of H-pyrrole nitrogens is 1. The molecule has 0 amide bonds. The van der Waals surface area contributed by atoms with Crippen LogP contribution in [0, 0.1) is 0 Å². The lowest BCUT2D eigenvalue weighted by molar-refractivity contribution is 0.575. The number of nitrogens with zero attached hydrogens (tertiary/aromatic N) is 1. The normalized spacial score (nSPS) is 13.8. The predicted molar refractivity (Wildman–Crippen MR) is 55.2 cm³/mol. The first-order chi connectivity index (χ1) is 6.43. The molecular formula is C6H10N4O2S2. The Morgan fingerprint density at radius 3 is 2.86 bits per heavy atom. The van der Waals surface area contributed by atoms with Crippen molar-refractivity contribution in [1.29, 1.82) is 0 Å². The van der Waals surface area contributed by atoms with Gasteiger partial charge in [0.15, 0.2) is 5.03 Å². The SMILES string of the molecule is CC(NS(=O)(=O)c1cnc[nH]1)C(N)=S. The molecule has 0 fully saturated rings. The second-order valence-electron chi connectivity index (χ2n) is 2.66. The fraction of sp³-hybridized carbons (Fsp3) is 0.333. The van der Waals surface area contributed by atoms with Gasteiger partial charge in [-0.3, -0.25) is 0 Å². The molecule has 1 rings (SSSR count). The average molecular weight is 234 g/mol. The molecule has 0 saturated carbocycles. The summed E-state index contributed by atoms with van der Waals surface area (Å²) >= 11 is 4.64. The van der Waals surface area contributed by atoms with Crippen LogP contribution >= 0.6 is 12.2 Å². The number of hydrogen-bond acceptors (Lipinski definition) is 4. The van der Waals surface area contributed by atoms with Gasteiger partial charge in [-0.15, -0.1) is 0 Å². The summed E-state index contributed by atoms with van der Waals surface area (Å²) in [6, 6.07) is -0.585. The molecule has 0 aromatic carbocycles. The molecule has 0 radical (unpaired) electrons. The molecule has 0 aliphatic heterocycles. The van der Waals surface area contributed by atoms with E-state index in [-0.39, 0.29) is 10.0 Å². The third-order valence-electron chi connectivity index (χ3n) is 1.52. The van der Waals surface area contributed by atoms with Gasteiger partial charge in [-0.2, -0.15) is 0 Å². The Morgan fingerprint density at radius 2 is 2.43 bits per heavy atom. The maximum absolute atomic E-state index is 11.5. The summed E-state index contributed by atoms with van der Waals surface area (Å²) in [4.78, 5) is 6.17. The van der Waals surface area contributed by atoms with E-state index in [1.54, 1.807) is 6.92 Å². The Hall–Kier alpha value is -0.990. The summed E-state index contributed by atoms with van der Waals surface area (Å²) in [5.74, 6) is 0. The van der Waals surface area contributed by atoms with Gasteiger partial charge in [-0.1, -0.05) is 12.2 Å². The summed E-state index contributed by atoms with van der Waals surface area (Å²) in [6.07, 6.45) is 2.48. The fourth-order valence-electron chi connectivity index (χ4n) is 0.744. The second kappa shape index (κ2) is 4.03. The molecule has 0 aliphatic carbocycles. The van der Waals surface area contributed by atoms with Crippen LogP contribution in [0.1, 0.15) is 6.92 Å². The summed E-state index contributed by atoms with van der Waals surface area (Å²) in [5.41, 5.74) is 5.28. The highest BCUT2D eigenvalue weighted by Crippen LogP contribution is 2.02. The Morgan fingerprint density at radius 1 is 1.79 bits per heavy atom. The van der Waals surface area contributed by atoms with Crippen molar-refractivity contribution in [1.82, 2.24) is 14.7 Å². The van der Waals surface area contributed by atoms with Gasteiger partial charge in [-0.05, 0) is 6.92 Å². The molecular weight excluding hydrogens is 224 g/mol. The van der Waals surface area contributed by atoms with Crippen molar-refractivity contribution in [3.05, 3.63) is 12.5 Å². The Balaban J connectivity index is 2.84. The maximum atomic E-state index is 11.5. The molecule has 1 heterocycles. The number of sulfonamides is 1. The highest BCUT2D eigenvalue weighted by Gasteiger charge is 2.19. The summed E-state index contributed by atoms with van der Waals surface area (Å²) in [6.45, 7) is 1.57. The smallest absolute Gasteiger partial charge is 0.258 e. The highest BCUT2D eigenvalue weighted by molar-refractivity contribution is 7.89. The van der Waals surface area contributed by atoms with E-state index in [1.807, 2.05) is 0 Å². The summed E-state index contributed by atoms with van der Waals surface area (Å²) < 4.78 is 25.3. The quantitative estimate of drug-likeness (QED) is 0.602. The van der Waals surface area contributed by atoms with Crippen LogP contribution in [0.15, 0.2) is 17.6 Å². The molecule has 0 saturated heterocycles. The van der Waals surface area contributed by atoms with Gasteiger partial charge in [0, 0.05) is 0 Å². The van der Waals surface area contributed by atoms with Gasteiger partial charge in [-0.25, -0.2) is 18.1 Å². The van der Waals surface area contributed by atoms with Gasteiger partial charge in [0.25, 0.3) is 10.0 Å². The van der Waals surface area contributed by atoms with Crippen LogP contribution in [-0.4, -0.2) is 29.4 Å². The van der Waals surface area contributed by atoms with Gasteiger partial charge in [0.1, 0.15) is 0 Å². The van der Waals surface area contributed by atoms with Crippen molar-refractivity contribution in [3.8, 4) is 0 Å². The molecule has 1 unspecified atom stereocenters. The molecule has 0 spiro atoms. The van der Waals surface area contributed by atoms with Gasteiger partial charge >= 0.3 is 0 Å². The third-order valence-corrected chi connectivity index (χ3v) is 3.34. The van der Waals surface area contributed by atoms with Crippen LogP contribution in [0.5, 0.6) is 0 Å². The van der Waals surface area contributed by atoms with E-state index in [9.17, 15) is 8.42 Å². The standard InChI is InChI=1S/C6H10N4O2S2/c1-4(6(7)13)10-14(11,12)5-2-8-3-9-5/h2-4,10H,1H3,(H2,7,13)(H,8,9). The van der Waals surface area contributed by atoms with Crippen molar-refractivity contribution < 1.29 is 8.42 Å². The number of imidazole rings is 1. The van der Waals surface area contributed by atoms with E-state index in [0.717, 1.165) is 0 Å². The minimum Gasteiger partial charge on any atom is -0.392 e. The molecule has 1 aromatic heterocycles. The number of rotatable bonds is 4. The van der Waals surface area contributed by atoms with E-state index in [0.29, 0.717) is 0 Å². The maximum Gasteiger partial charge on any atom is 0.258 e. The zero-order valence-corrected chi connectivity index (χ0v) is 9.02. The summed E-state index contributed by atoms with van der Waals surface area (Å²) in [5, 5.41) is -0.0133. The van der Waals surface area contributed by atoms with Crippen molar-refractivity contribution in [2.24, 2.45) is 5.73 Å². The predicted octanol–water partition coefficient (Wildman–Crippen LogP) is -0.637. The largest absolute Gasteiger partial charge is 0.392 e. The molecule has 8 heteroatoms. The van der Waals surface area contributed by atoms with Crippen LogP contribution in [0.3, 0.4) is 0 Å². The number of nitrogens with two attached hydrogens (primary N) is 1. The van der Waals surface area contributed by atoms with Crippen LogP contribution in [0.4, 0.5) is 0 Å². The minimum atomic E-state index is -3.60. The zero-order chi connectivity index (χ0) is 10.8. The van der Waals surface area contributed by atoms with Crippen molar-refractivity contribution in [2.75, 3.05) is 0 Å². The van der Waals surface area contributed by atoms with Crippen molar-refractivity contribution in [2.45, 2.75) is 18.0 Å². The second-order valence-corrected chi connectivity index (χ2v) is 4.82. The van der Waals surface area contributed by atoms with Crippen molar-refractivity contribution in [3.63, 3.8) is 0 Å². The van der Waals surface area contributed by atoms with Gasteiger partial charge < -0.3 is 10.7 Å².